The summed E-state index contributed by atoms with van der Waals surface area (Å²) in [6, 6.07) is 3.99. The van der Waals surface area contributed by atoms with Gasteiger partial charge in [-0.2, -0.15) is 0 Å². The van der Waals surface area contributed by atoms with E-state index in [2.05, 4.69) is 6.92 Å². The number of halogens is 1. The van der Waals surface area contributed by atoms with Gasteiger partial charge in [-0.1, -0.05) is 19.1 Å². The molecule has 14 heavy (non-hydrogen) atoms. The van der Waals surface area contributed by atoms with E-state index >= 15 is 0 Å². The highest BCUT2D eigenvalue weighted by molar-refractivity contribution is 5.85. The second kappa shape index (κ2) is 5.23. The van der Waals surface area contributed by atoms with Crippen LogP contribution in [0.3, 0.4) is 0 Å². The van der Waals surface area contributed by atoms with E-state index in [-0.39, 0.29) is 18.4 Å². The number of nitrogens with two attached hydrogens (primary N) is 1. The highest BCUT2D eigenvalue weighted by Gasteiger charge is 2.07. The van der Waals surface area contributed by atoms with Crippen molar-refractivity contribution in [1.82, 2.24) is 0 Å². The Morgan fingerprint density at radius 2 is 1.71 bits per heavy atom. The van der Waals surface area contributed by atoms with Crippen LogP contribution in [-0.2, 0) is 0 Å². The Bertz CT molecular complexity index is 289. The average molecular weight is 216 g/mol. The Kier molecular flexibility index (Phi) is 4.95. The van der Waals surface area contributed by atoms with Crippen molar-refractivity contribution in [3.8, 4) is 5.75 Å². The highest BCUT2D eigenvalue weighted by Crippen LogP contribution is 2.26. The maximum atomic E-state index is 9.54. The van der Waals surface area contributed by atoms with Crippen LogP contribution in [0.15, 0.2) is 12.1 Å². The fraction of sp³-hybridized carbons (Fsp3) is 0.455. The van der Waals surface area contributed by atoms with Crippen LogP contribution in [0, 0.1) is 13.8 Å². The first-order valence-corrected chi connectivity index (χ1v) is 4.62. The van der Waals surface area contributed by atoms with Gasteiger partial charge in [-0.3, -0.25) is 0 Å². The third-order valence-corrected chi connectivity index (χ3v) is 2.38. The largest absolute Gasteiger partial charge is 0.507 e. The number of benzene rings is 1. The maximum Gasteiger partial charge on any atom is 0.121 e. The summed E-state index contributed by atoms with van der Waals surface area (Å²) in [5.74, 6) is 0.382. The fourth-order valence-electron chi connectivity index (χ4n) is 1.44. The minimum Gasteiger partial charge on any atom is -0.507 e. The van der Waals surface area contributed by atoms with E-state index in [0.29, 0.717) is 5.75 Å². The molecule has 0 saturated carbocycles. The van der Waals surface area contributed by atoms with E-state index < -0.39 is 0 Å². The molecule has 0 heterocycles. The third-order valence-electron chi connectivity index (χ3n) is 2.38. The molecule has 0 amide bonds. The summed E-state index contributed by atoms with van der Waals surface area (Å²) < 4.78 is 0. The van der Waals surface area contributed by atoms with Crippen LogP contribution in [0.5, 0.6) is 5.75 Å². The third kappa shape index (κ3) is 2.63. The fourth-order valence-corrected chi connectivity index (χ4v) is 1.44. The second-order valence-electron chi connectivity index (χ2n) is 3.52. The van der Waals surface area contributed by atoms with E-state index in [0.717, 1.165) is 23.1 Å². The summed E-state index contributed by atoms with van der Waals surface area (Å²) in [6.07, 6.45) is 0.920. The van der Waals surface area contributed by atoms with Gasteiger partial charge in [-0.05, 0) is 37.0 Å². The van der Waals surface area contributed by atoms with Crippen LogP contribution in [0.25, 0.3) is 0 Å². The predicted molar refractivity (Wildman–Crippen MR) is 62.0 cm³/mol. The molecule has 2 nitrogen and oxygen atoms in total. The number of phenolic OH excluding ortho intramolecular Hbond substituents is 1. The Morgan fingerprint density at radius 3 is 2.07 bits per heavy atom. The number of aryl methyl sites for hydroxylation is 2. The molecule has 1 atom stereocenters. The Labute approximate surface area is 91.5 Å². The monoisotopic (exact) mass is 215 g/mol. The molecule has 0 aromatic heterocycles. The quantitative estimate of drug-likeness (QED) is 0.797. The van der Waals surface area contributed by atoms with Crippen LogP contribution < -0.4 is 5.73 Å². The van der Waals surface area contributed by atoms with Gasteiger partial charge in [0.2, 0.25) is 0 Å². The van der Waals surface area contributed by atoms with Crippen molar-refractivity contribution in [2.24, 2.45) is 5.73 Å². The highest BCUT2D eigenvalue weighted by atomic mass is 35.5. The van der Waals surface area contributed by atoms with Gasteiger partial charge in [0.15, 0.2) is 0 Å². The molecule has 3 N–H and O–H groups in total. The lowest BCUT2D eigenvalue weighted by atomic mass is 9.99. The van der Waals surface area contributed by atoms with Crippen molar-refractivity contribution in [1.29, 1.82) is 0 Å². The molecule has 0 fully saturated rings. The Balaban J connectivity index is 0.00000169. The minimum absolute atomic E-state index is 0. The van der Waals surface area contributed by atoms with Gasteiger partial charge in [0.1, 0.15) is 5.75 Å². The summed E-state index contributed by atoms with van der Waals surface area (Å²) >= 11 is 0. The number of hydrogen-bond donors (Lipinski definition) is 2. The molecular weight excluding hydrogens is 198 g/mol. The van der Waals surface area contributed by atoms with Crippen molar-refractivity contribution >= 4 is 12.4 Å². The molecule has 0 spiro atoms. The Hall–Kier alpha value is -0.730. The first-order valence-electron chi connectivity index (χ1n) is 4.62. The first kappa shape index (κ1) is 13.3. The lowest BCUT2D eigenvalue weighted by Crippen LogP contribution is -2.09. The lowest BCUT2D eigenvalue weighted by Gasteiger charge is -2.12. The van der Waals surface area contributed by atoms with E-state index in [4.69, 9.17) is 5.73 Å². The molecule has 0 aliphatic rings. The zero-order chi connectivity index (χ0) is 10.0. The van der Waals surface area contributed by atoms with Gasteiger partial charge in [0.05, 0.1) is 0 Å². The molecule has 1 aromatic carbocycles. The van der Waals surface area contributed by atoms with Crippen molar-refractivity contribution in [3.63, 3.8) is 0 Å². The van der Waals surface area contributed by atoms with Gasteiger partial charge >= 0.3 is 0 Å². The van der Waals surface area contributed by atoms with E-state index in [1.165, 1.54) is 0 Å². The van der Waals surface area contributed by atoms with Crippen molar-refractivity contribution in [2.75, 3.05) is 0 Å². The molecule has 0 aliphatic heterocycles. The van der Waals surface area contributed by atoms with Crippen LogP contribution in [-0.4, -0.2) is 5.11 Å². The van der Waals surface area contributed by atoms with E-state index in [9.17, 15) is 5.11 Å². The molecule has 0 aliphatic carbocycles. The summed E-state index contributed by atoms with van der Waals surface area (Å²) in [4.78, 5) is 0. The standard InChI is InChI=1S/C11H17NO.ClH/c1-4-10(12)9-5-7(2)11(13)8(3)6-9;/h5-6,10,13H,4,12H2,1-3H3;1H/t10-;/m1./s1. The van der Waals surface area contributed by atoms with Crippen molar-refractivity contribution in [2.45, 2.75) is 33.2 Å². The molecule has 1 aromatic rings. The molecular formula is C11H18ClNO. The van der Waals surface area contributed by atoms with Crippen LogP contribution in [0.1, 0.15) is 36.1 Å². The number of aromatic hydroxyl groups is 1. The molecule has 3 heteroatoms. The van der Waals surface area contributed by atoms with Crippen LogP contribution in [0.4, 0.5) is 0 Å². The van der Waals surface area contributed by atoms with Gasteiger partial charge in [0, 0.05) is 6.04 Å². The summed E-state index contributed by atoms with van der Waals surface area (Å²) in [7, 11) is 0. The molecule has 0 bridgehead atoms. The smallest absolute Gasteiger partial charge is 0.121 e. The average Bonchev–Trinajstić information content (AvgIpc) is 2.12. The van der Waals surface area contributed by atoms with Crippen LogP contribution in [0.2, 0.25) is 0 Å². The van der Waals surface area contributed by atoms with Crippen molar-refractivity contribution < 1.29 is 5.11 Å². The van der Waals surface area contributed by atoms with E-state index in [1.807, 2.05) is 26.0 Å². The van der Waals surface area contributed by atoms with Crippen molar-refractivity contribution in [3.05, 3.63) is 28.8 Å². The van der Waals surface area contributed by atoms with Gasteiger partial charge < -0.3 is 10.8 Å². The normalized spacial score (nSPS) is 12.0. The predicted octanol–water partition coefficient (Wildman–Crippen LogP) is 2.84. The molecule has 0 saturated heterocycles. The summed E-state index contributed by atoms with van der Waals surface area (Å²) in [6.45, 7) is 5.85. The topological polar surface area (TPSA) is 46.2 Å². The molecule has 0 radical (unpaired) electrons. The number of phenols is 1. The Morgan fingerprint density at radius 1 is 1.29 bits per heavy atom. The summed E-state index contributed by atoms with van der Waals surface area (Å²) in [5.41, 5.74) is 8.81. The molecule has 1 rings (SSSR count). The number of hydrogen-bond acceptors (Lipinski definition) is 2. The SMILES string of the molecule is CC[C@@H](N)c1cc(C)c(O)c(C)c1.Cl. The second-order valence-corrected chi connectivity index (χ2v) is 3.52. The van der Waals surface area contributed by atoms with Gasteiger partial charge in [-0.25, -0.2) is 0 Å². The summed E-state index contributed by atoms with van der Waals surface area (Å²) in [5, 5.41) is 9.54. The van der Waals surface area contributed by atoms with Crippen LogP contribution >= 0.6 is 12.4 Å². The number of rotatable bonds is 2. The lowest BCUT2D eigenvalue weighted by molar-refractivity contribution is 0.466. The molecule has 80 valence electrons. The minimum atomic E-state index is 0. The van der Waals surface area contributed by atoms with Gasteiger partial charge in [-0.15, -0.1) is 12.4 Å². The zero-order valence-corrected chi connectivity index (χ0v) is 9.69. The maximum absolute atomic E-state index is 9.54. The van der Waals surface area contributed by atoms with E-state index in [1.54, 1.807) is 0 Å². The first-order chi connectivity index (χ1) is 6.06. The molecule has 0 unspecified atom stereocenters. The zero-order valence-electron chi connectivity index (χ0n) is 8.87. The van der Waals surface area contributed by atoms with Gasteiger partial charge in [0.25, 0.3) is 0 Å².